The summed E-state index contributed by atoms with van der Waals surface area (Å²) in [5.41, 5.74) is 1.96. The molecule has 0 saturated carbocycles. The zero-order chi connectivity index (χ0) is 16.8. The van der Waals surface area contributed by atoms with Crippen LogP contribution in [-0.2, 0) is 11.3 Å². The maximum absolute atomic E-state index is 12.2. The Morgan fingerprint density at radius 2 is 2.12 bits per heavy atom. The molecule has 128 valence electrons. The minimum absolute atomic E-state index is 0.0771. The van der Waals surface area contributed by atoms with Crippen LogP contribution in [0.5, 0.6) is 0 Å². The van der Waals surface area contributed by atoms with Crippen LogP contribution in [0.1, 0.15) is 37.7 Å². The Kier molecular flexibility index (Phi) is 5.64. The summed E-state index contributed by atoms with van der Waals surface area (Å²) in [6.07, 6.45) is 8.87. The largest absolute Gasteiger partial charge is 0.323 e. The summed E-state index contributed by atoms with van der Waals surface area (Å²) >= 11 is 0. The van der Waals surface area contributed by atoms with Crippen LogP contribution in [0.25, 0.3) is 0 Å². The summed E-state index contributed by atoms with van der Waals surface area (Å²) in [7, 11) is 2.16. The molecule has 1 unspecified atom stereocenters. The lowest BCUT2D eigenvalue weighted by molar-refractivity contribution is -0.116. The predicted molar refractivity (Wildman–Crippen MR) is 95.9 cm³/mol. The fraction of sp³-hybridized carbons (Fsp3) is 0.474. The van der Waals surface area contributed by atoms with E-state index in [1.54, 1.807) is 6.20 Å². The highest BCUT2D eigenvalue weighted by molar-refractivity contribution is 5.90. The molecule has 5 nitrogen and oxygen atoms in total. The van der Waals surface area contributed by atoms with E-state index in [9.17, 15) is 4.79 Å². The van der Waals surface area contributed by atoms with Gasteiger partial charge < -0.3 is 10.2 Å². The van der Waals surface area contributed by atoms with Gasteiger partial charge in [-0.25, -0.2) is 0 Å². The van der Waals surface area contributed by atoms with Crippen molar-refractivity contribution in [2.24, 2.45) is 0 Å². The Labute approximate surface area is 143 Å². The van der Waals surface area contributed by atoms with Crippen molar-refractivity contribution in [2.75, 3.05) is 18.9 Å². The van der Waals surface area contributed by atoms with Crippen LogP contribution in [0.2, 0.25) is 0 Å². The molecule has 0 bridgehead atoms. The van der Waals surface area contributed by atoms with Crippen molar-refractivity contribution >= 4 is 11.6 Å². The van der Waals surface area contributed by atoms with Gasteiger partial charge in [0.25, 0.3) is 0 Å². The molecule has 0 aliphatic carbocycles. The van der Waals surface area contributed by atoms with Gasteiger partial charge in [-0.15, -0.1) is 0 Å². The number of amides is 1. The minimum Gasteiger partial charge on any atom is -0.323 e. The van der Waals surface area contributed by atoms with Crippen molar-refractivity contribution < 1.29 is 4.79 Å². The van der Waals surface area contributed by atoms with Crippen molar-refractivity contribution in [1.29, 1.82) is 0 Å². The number of hydrogen-bond donors (Lipinski definition) is 1. The number of nitrogens with one attached hydrogen (secondary N) is 1. The van der Waals surface area contributed by atoms with Gasteiger partial charge in [-0.3, -0.25) is 9.48 Å². The molecule has 1 saturated heterocycles. The lowest BCUT2D eigenvalue weighted by Crippen LogP contribution is -2.36. The molecule has 24 heavy (non-hydrogen) atoms. The number of hydrogen-bond acceptors (Lipinski definition) is 3. The summed E-state index contributed by atoms with van der Waals surface area (Å²) < 4.78 is 1.85. The van der Waals surface area contributed by atoms with Crippen LogP contribution in [0.15, 0.2) is 42.7 Å². The molecule has 0 spiro atoms. The average Bonchev–Trinajstić information content (AvgIpc) is 3.02. The van der Waals surface area contributed by atoms with Gasteiger partial charge in [-0.05, 0) is 38.4 Å². The Morgan fingerprint density at radius 3 is 2.92 bits per heavy atom. The Morgan fingerprint density at radius 1 is 1.29 bits per heavy atom. The number of piperidine rings is 1. The van der Waals surface area contributed by atoms with Crippen molar-refractivity contribution in [3.05, 3.63) is 48.3 Å². The van der Waals surface area contributed by atoms with E-state index in [1.165, 1.54) is 24.8 Å². The third kappa shape index (κ3) is 4.68. The third-order valence-corrected chi connectivity index (χ3v) is 4.73. The molecule has 2 aromatic rings. The van der Waals surface area contributed by atoms with Crippen LogP contribution in [-0.4, -0.2) is 40.2 Å². The number of carbonyl (C=O) groups excluding carboxylic acids is 1. The lowest BCUT2D eigenvalue weighted by atomic mass is 9.98. The van der Waals surface area contributed by atoms with Gasteiger partial charge in [0, 0.05) is 18.7 Å². The standard InChI is InChI=1S/C19H26N4O/c1-22-12-6-5-9-18(22)10-11-19(24)21-17-13-20-23(15-17)14-16-7-3-2-4-8-16/h2-4,7-8,13,15,18H,5-6,9-12,14H2,1H3,(H,21,24). The van der Waals surface area contributed by atoms with Gasteiger partial charge in [0.05, 0.1) is 18.4 Å². The van der Waals surface area contributed by atoms with E-state index in [4.69, 9.17) is 0 Å². The fourth-order valence-corrected chi connectivity index (χ4v) is 3.32. The Bertz CT molecular complexity index is 652. The summed E-state index contributed by atoms with van der Waals surface area (Å²) in [6, 6.07) is 10.7. The highest BCUT2D eigenvalue weighted by atomic mass is 16.1. The van der Waals surface area contributed by atoms with Crippen LogP contribution in [0.3, 0.4) is 0 Å². The molecular weight excluding hydrogens is 300 g/mol. The normalized spacial score (nSPS) is 18.5. The zero-order valence-corrected chi connectivity index (χ0v) is 14.3. The highest BCUT2D eigenvalue weighted by Crippen LogP contribution is 2.19. The van der Waals surface area contributed by atoms with E-state index in [-0.39, 0.29) is 5.91 Å². The third-order valence-electron chi connectivity index (χ3n) is 4.73. The summed E-state index contributed by atoms with van der Waals surface area (Å²) in [6.45, 7) is 1.86. The Hall–Kier alpha value is -2.14. The molecule has 5 heteroatoms. The highest BCUT2D eigenvalue weighted by Gasteiger charge is 2.19. The van der Waals surface area contributed by atoms with Gasteiger partial charge in [0.15, 0.2) is 0 Å². The van der Waals surface area contributed by atoms with E-state index >= 15 is 0 Å². The molecule has 1 aliphatic rings. The zero-order valence-electron chi connectivity index (χ0n) is 14.3. The van der Waals surface area contributed by atoms with Gasteiger partial charge in [-0.2, -0.15) is 5.10 Å². The molecule has 1 aliphatic heterocycles. The molecule has 1 N–H and O–H groups in total. The quantitative estimate of drug-likeness (QED) is 0.887. The monoisotopic (exact) mass is 326 g/mol. The van der Waals surface area contributed by atoms with E-state index in [2.05, 4.69) is 34.5 Å². The van der Waals surface area contributed by atoms with Gasteiger partial charge in [-0.1, -0.05) is 36.8 Å². The van der Waals surface area contributed by atoms with Crippen molar-refractivity contribution in [1.82, 2.24) is 14.7 Å². The molecule has 0 radical (unpaired) electrons. The second-order valence-electron chi connectivity index (χ2n) is 6.63. The first-order valence-corrected chi connectivity index (χ1v) is 8.77. The first-order chi connectivity index (χ1) is 11.7. The molecule has 1 fully saturated rings. The molecule has 1 aromatic heterocycles. The number of carbonyl (C=O) groups is 1. The number of rotatable bonds is 6. The smallest absolute Gasteiger partial charge is 0.224 e. The maximum Gasteiger partial charge on any atom is 0.224 e. The molecule has 1 atom stereocenters. The van der Waals surface area contributed by atoms with Crippen LogP contribution >= 0.6 is 0 Å². The van der Waals surface area contributed by atoms with E-state index < -0.39 is 0 Å². The lowest BCUT2D eigenvalue weighted by Gasteiger charge is -2.32. The SMILES string of the molecule is CN1CCCCC1CCC(=O)Nc1cnn(Cc2ccccc2)c1. The van der Waals surface area contributed by atoms with Crippen LogP contribution in [0, 0.1) is 0 Å². The molecule has 2 heterocycles. The first-order valence-electron chi connectivity index (χ1n) is 8.77. The van der Waals surface area contributed by atoms with E-state index in [1.807, 2.05) is 29.1 Å². The summed E-state index contributed by atoms with van der Waals surface area (Å²) in [5.74, 6) is 0.0771. The first kappa shape index (κ1) is 16.7. The van der Waals surface area contributed by atoms with Gasteiger partial charge >= 0.3 is 0 Å². The van der Waals surface area contributed by atoms with Crippen LogP contribution < -0.4 is 5.32 Å². The maximum atomic E-state index is 12.2. The number of aromatic nitrogens is 2. The molecule has 1 aromatic carbocycles. The fourth-order valence-electron chi connectivity index (χ4n) is 3.32. The van der Waals surface area contributed by atoms with Crippen molar-refractivity contribution in [3.8, 4) is 0 Å². The second kappa shape index (κ2) is 8.11. The Balaban J connectivity index is 1.46. The van der Waals surface area contributed by atoms with E-state index in [0.29, 0.717) is 19.0 Å². The number of nitrogens with zero attached hydrogens (tertiary/aromatic N) is 3. The number of benzene rings is 1. The molecular formula is C19H26N4O. The van der Waals surface area contributed by atoms with Gasteiger partial charge in [0.1, 0.15) is 0 Å². The summed E-state index contributed by atoms with van der Waals surface area (Å²) in [4.78, 5) is 14.5. The topological polar surface area (TPSA) is 50.2 Å². The predicted octanol–water partition coefficient (Wildman–Crippen LogP) is 3.13. The number of likely N-dealkylation sites (tertiary alicyclic amines) is 1. The average molecular weight is 326 g/mol. The molecule has 3 rings (SSSR count). The van der Waals surface area contributed by atoms with Gasteiger partial charge in [0.2, 0.25) is 5.91 Å². The molecule has 1 amide bonds. The van der Waals surface area contributed by atoms with E-state index in [0.717, 1.165) is 18.7 Å². The number of anilines is 1. The summed E-state index contributed by atoms with van der Waals surface area (Å²) in [5, 5.41) is 7.28. The van der Waals surface area contributed by atoms with Crippen molar-refractivity contribution in [3.63, 3.8) is 0 Å². The van der Waals surface area contributed by atoms with Crippen LogP contribution in [0.4, 0.5) is 5.69 Å². The minimum atomic E-state index is 0.0771. The van der Waals surface area contributed by atoms with Crippen molar-refractivity contribution in [2.45, 2.75) is 44.7 Å². The second-order valence-corrected chi connectivity index (χ2v) is 6.63.